The maximum absolute atomic E-state index is 11.8. The van der Waals surface area contributed by atoms with E-state index in [-0.39, 0.29) is 11.6 Å². The van der Waals surface area contributed by atoms with Gasteiger partial charge >= 0.3 is 5.56 Å². The predicted octanol–water partition coefficient (Wildman–Crippen LogP) is 1.30. The van der Waals surface area contributed by atoms with E-state index < -0.39 is 11.2 Å². The summed E-state index contributed by atoms with van der Waals surface area (Å²) in [5.74, 6) is 0.285. The number of aromatic nitrogens is 2. The molecule has 1 atom stereocenters. The minimum atomic E-state index is -1.25. The maximum atomic E-state index is 11.8. The molecule has 1 aromatic heterocycles. The molecule has 17 heavy (non-hydrogen) atoms. The zero-order valence-electron chi connectivity index (χ0n) is 10.8. The fraction of sp³-hybridized carbons (Fsp3) is 0.667. The molecule has 0 bridgehead atoms. The largest absolute Gasteiger partial charge is 0.425 e. The van der Waals surface area contributed by atoms with Crippen LogP contribution >= 0.6 is 0 Å². The summed E-state index contributed by atoms with van der Waals surface area (Å²) in [6, 6.07) is 0. The van der Waals surface area contributed by atoms with Crippen molar-refractivity contribution in [2.24, 2.45) is 5.92 Å². The first-order valence-corrected chi connectivity index (χ1v) is 5.82. The summed E-state index contributed by atoms with van der Waals surface area (Å²) in [5.41, 5.74) is -1.36. The van der Waals surface area contributed by atoms with E-state index in [4.69, 9.17) is 0 Å². The summed E-state index contributed by atoms with van der Waals surface area (Å²) in [4.78, 5) is 15.9. The van der Waals surface area contributed by atoms with E-state index >= 15 is 0 Å². The van der Waals surface area contributed by atoms with Gasteiger partial charge in [0, 0.05) is 0 Å². The predicted molar refractivity (Wildman–Crippen MR) is 64.1 cm³/mol. The van der Waals surface area contributed by atoms with Crippen molar-refractivity contribution in [3.05, 3.63) is 27.9 Å². The monoisotopic (exact) mass is 240 g/mol. The van der Waals surface area contributed by atoms with Crippen LogP contribution in [-0.2, 0) is 12.0 Å². The SMILES string of the molecule is CC[C@](C)(O)c1cnc(CC(C)C)c(=O)n1O. The molecule has 1 aromatic rings. The number of nitrogens with zero attached hydrogens (tertiary/aromatic N) is 2. The molecule has 1 heterocycles. The molecule has 0 aliphatic carbocycles. The summed E-state index contributed by atoms with van der Waals surface area (Å²) in [6.07, 6.45) is 2.26. The number of aliphatic hydroxyl groups is 1. The van der Waals surface area contributed by atoms with Crippen molar-refractivity contribution in [1.82, 2.24) is 9.71 Å². The zero-order chi connectivity index (χ0) is 13.2. The second-order valence-corrected chi connectivity index (χ2v) is 4.93. The molecule has 1 rings (SSSR count). The van der Waals surface area contributed by atoms with Gasteiger partial charge in [-0.15, -0.1) is 4.73 Å². The summed E-state index contributed by atoms with van der Waals surface area (Å²) in [6.45, 7) is 7.25. The molecule has 0 amide bonds. The topological polar surface area (TPSA) is 75.4 Å². The molecular weight excluding hydrogens is 220 g/mol. The summed E-state index contributed by atoms with van der Waals surface area (Å²) in [5, 5.41) is 19.8. The summed E-state index contributed by atoms with van der Waals surface area (Å²) in [7, 11) is 0. The van der Waals surface area contributed by atoms with Crippen LogP contribution in [0.2, 0.25) is 0 Å². The molecule has 96 valence electrons. The molecule has 0 aliphatic heterocycles. The standard InChI is InChI=1S/C12H20N2O3/c1-5-12(4,16)10-7-13-9(6-8(2)3)11(15)14(10)17/h7-8,16-17H,5-6H2,1-4H3/t12-/m0/s1. The lowest BCUT2D eigenvalue weighted by molar-refractivity contribution is 0.0188. The Hall–Kier alpha value is -1.36. The lowest BCUT2D eigenvalue weighted by Gasteiger charge is -2.22. The van der Waals surface area contributed by atoms with Crippen LogP contribution in [0.5, 0.6) is 0 Å². The van der Waals surface area contributed by atoms with Crippen LogP contribution in [0.1, 0.15) is 45.5 Å². The van der Waals surface area contributed by atoms with Crippen LogP contribution in [0, 0.1) is 5.92 Å². The first kappa shape index (κ1) is 13.7. The van der Waals surface area contributed by atoms with Gasteiger partial charge in [0.25, 0.3) is 0 Å². The summed E-state index contributed by atoms with van der Waals surface area (Å²) >= 11 is 0. The van der Waals surface area contributed by atoms with E-state index in [9.17, 15) is 15.1 Å². The molecule has 0 saturated heterocycles. The van der Waals surface area contributed by atoms with Crippen molar-refractivity contribution in [2.75, 3.05) is 0 Å². The Bertz CT molecular complexity index is 450. The molecule has 0 spiro atoms. The zero-order valence-corrected chi connectivity index (χ0v) is 10.8. The molecule has 0 fully saturated rings. The van der Waals surface area contributed by atoms with Gasteiger partial charge in [-0.05, 0) is 25.7 Å². The van der Waals surface area contributed by atoms with Gasteiger partial charge in [0.05, 0.1) is 6.20 Å². The third-order valence-electron chi connectivity index (χ3n) is 2.85. The van der Waals surface area contributed by atoms with E-state index in [1.54, 1.807) is 6.92 Å². The molecule has 5 nitrogen and oxygen atoms in total. The first-order chi connectivity index (χ1) is 7.79. The van der Waals surface area contributed by atoms with Crippen molar-refractivity contribution in [3.8, 4) is 0 Å². The average Bonchev–Trinajstić information content (AvgIpc) is 2.24. The maximum Gasteiger partial charge on any atom is 0.304 e. The molecule has 0 aromatic carbocycles. The highest BCUT2D eigenvalue weighted by atomic mass is 16.5. The molecular formula is C12H20N2O3. The fourth-order valence-corrected chi connectivity index (χ4v) is 1.56. The van der Waals surface area contributed by atoms with Crippen LogP contribution < -0.4 is 5.56 Å². The fourth-order valence-electron chi connectivity index (χ4n) is 1.56. The Morgan fingerprint density at radius 3 is 2.59 bits per heavy atom. The van der Waals surface area contributed by atoms with Gasteiger partial charge < -0.3 is 10.3 Å². The minimum Gasteiger partial charge on any atom is -0.425 e. The van der Waals surface area contributed by atoms with Crippen molar-refractivity contribution in [3.63, 3.8) is 0 Å². The van der Waals surface area contributed by atoms with Crippen molar-refractivity contribution in [2.45, 2.75) is 46.1 Å². The van der Waals surface area contributed by atoms with Gasteiger partial charge in [-0.25, -0.2) is 0 Å². The Kier molecular flexibility index (Phi) is 3.93. The number of rotatable bonds is 4. The molecule has 2 N–H and O–H groups in total. The smallest absolute Gasteiger partial charge is 0.304 e. The van der Waals surface area contributed by atoms with Crippen LogP contribution in [0.3, 0.4) is 0 Å². The molecule has 0 unspecified atom stereocenters. The number of hydrogen-bond acceptors (Lipinski definition) is 4. The van der Waals surface area contributed by atoms with Crippen LogP contribution in [0.4, 0.5) is 0 Å². The van der Waals surface area contributed by atoms with E-state index in [0.717, 1.165) is 0 Å². The van der Waals surface area contributed by atoms with Gasteiger partial charge in [-0.1, -0.05) is 20.8 Å². The normalized spacial score (nSPS) is 14.9. The Morgan fingerprint density at radius 2 is 2.12 bits per heavy atom. The average molecular weight is 240 g/mol. The highest BCUT2D eigenvalue weighted by molar-refractivity contribution is 5.11. The van der Waals surface area contributed by atoms with Crippen molar-refractivity contribution < 1.29 is 10.3 Å². The molecule has 5 heteroatoms. The molecule has 0 saturated carbocycles. The minimum absolute atomic E-state index is 0.123. The van der Waals surface area contributed by atoms with E-state index in [1.165, 1.54) is 13.1 Å². The third-order valence-corrected chi connectivity index (χ3v) is 2.85. The van der Waals surface area contributed by atoms with Crippen molar-refractivity contribution in [1.29, 1.82) is 0 Å². The summed E-state index contributed by atoms with van der Waals surface area (Å²) < 4.78 is 0.508. The number of hydrogen-bond donors (Lipinski definition) is 2. The van der Waals surface area contributed by atoms with Crippen LogP contribution in [0.15, 0.2) is 11.0 Å². The van der Waals surface area contributed by atoms with Gasteiger partial charge in [0.2, 0.25) is 0 Å². The Labute approximate surface area is 101 Å². The quantitative estimate of drug-likeness (QED) is 0.778. The Morgan fingerprint density at radius 1 is 1.53 bits per heavy atom. The highest BCUT2D eigenvalue weighted by Crippen LogP contribution is 2.21. The van der Waals surface area contributed by atoms with E-state index in [1.807, 2.05) is 13.8 Å². The third kappa shape index (κ3) is 2.85. The van der Waals surface area contributed by atoms with Gasteiger partial charge in [-0.2, -0.15) is 0 Å². The van der Waals surface area contributed by atoms with Gasteiger partial charge in [0.15, 0.2) is 0 Å². The van der Waals surface area contributed by atoms with Crippen molar-refractivity contribution >= 4 is 0 Å². The first-order valence-electron chi connectivity index (χ1n) is 5.82. The van der Waals surface area contributed by atoms with E-state index in [2.05, 4.69) is 4.98 Å². The lowest BCUT2D eigenvalue weighted by Crippen LogP contribution is -2.34. The van der Waals surface area contributed by atoms with E-state index in [0.29, 0.717) is 23.3 Å². The van der Waals surface area contributed by atoms with Gasteiger partial charge in [-0.3, -0.25) is 9.78 Å². The second-order valence-electron chi connectivity index (χ2n) is 4.93. The second kappa shape index (κ2) is 4.87. The molecule has 0 radical (unpaired) electrons. The van der Waals surface area contributed by atoms with Gasteiger partial charge in [0.1, 0.15) is 17.0 Å². The van der Waals surface area contributed by atoms with Crippen LogP contribution in [0.25, 0.3) is 0 Å². The lowest BCUT2D eigenvalue weighted by atomic mass is 9.99. The van der Waals surface area contributed by atoms with Crippen LogP contribution in [-0.4, -0.2) is 20.0 Å². The molecule has 0 aliphatic rings. The highest BCUT2D eigenvalue weighted by Gasteiger charge is 2.26. The Balaban J connectivity index is 3.25.